The van der Waals surface area contributed by atoms with Crippen LogP contribution in [0.25, 0.3) is 0 Å². The summed E-state index contributed by atoms with van der Waals surface area (Å²) in [6.45, 7) is 6.71. The van der Waals surface area contributed by atoms with E-state index in [0.717, 1.165) is 6.42 Å². The number of morpholine rings is 1. The number of hydrogen-bond donors (Lipinski definition) is 1. The van der Waals surface area contributed by atoms with Gasteiger partial charge in [0.25, 0.3) is 0 Å². The van der Waals surface area contributed by atoms with Crippen molar-refractivity contribution in [3.05, 3.63) is 17.1 Å². The fraction of sp³-hybridized carbons (Fsp3) is 0.692. The van der Waals surface area contributed by atoms with E-state index in [2.05, 4.69) is 0 Å². The standard InChI is InChI=1S/C13H22N2O4S/c1-4-11-8-15(5-6-18-11)20(16,17)13-10(3)19-9(2)12(13)7-14/h11H,4-8,14H2,1-3H3. The van der Waals surface area contributed by atoms with E-state index in [9.17, 15) is 8.42 Å². The monoisotopic (exact) mass is 302 g/mol. The lowest BCUT2D eigenvalue weighted by molar-refractivity contribution is -0.00281. The van der Waals surface area contributed by atoms with Crippen LogP contribution in [0.15, 0.2) is 9.31 Å². The molecule has 2 heterocycles. The topological polar surface area (TPSA) is 85.8 Å². The Bertz CT molecular complexity index is 579. The fourth-order valence-corrected chi connectivity index (χ4v) is 4.45. The third-order valence-corrected chi connectivity index (χ3v) is 5.75. The van der Waals surface area contributed by atoms with Crippen LogP contribution in [0.3, 0.4) is 0 Å². The number of nitrogens with zero attached hydrogens (tertiary/aromatic N) is 1. The zero-order valence-electron chi connectivity index (χ0n) is 12.2. The molecule has 1 aromatic heterocycles. The molecule has 114 valence electrons. The van der Waals surface area contributed by atoms with Crippen LogP contribution in [0.5, 0.6) is 0 Å². The van der Waals surface area contributed by atoms with E-state index in [1.165, 1.54) is 4.31 Å². The third-order valence-electron chi connectivity index (χ3n) is 3.68. The molecule has 1 fully saturated rings. The SMILES string of the molecule is CCC1CN(S(=O)(=O)c2c(C)oc(C)c2CN)CCO1. The summed E-state index contributed by atoms with van der Waals surface area (Å²) in [6.07, 6.45) is 0.743. The number of hydrogen-bond acceptors (Lipinski definition) is 5. The predicted molar refractivity (Wildman–Crippen MR) is 74.9 cm³/mol. The first kappa shape index (κ1) is 15.5. The summed E-state index contributed by atoms with van der Waals surface area (Å²) >= 11 is 0. The highest BCUT2D eigenvalue weighted by Gasteiger charge is 2.35. The molecule has 7 heteroatoms. The van der Waals surface area contributed by atoms with Crippen LogP contribution < -0.4 is 5.73 Å². The molecule has 0 aromatic carbocycles. The third kappa shape index (κ3) is 2.63. The Labute approximate surface area is 119 Å². The van der Waals surface area contributed by atoms with Crippen molar-refractivity contribution in [1.82, 2.24) is 4.31 Å². The van der Waals surface area contributed by atoms with Gasteiger partial charge in [0.05, 0.1) is 12.7 Å². The highest BCUT2D eigenvalue weighted by atomic mass is 32.2. The average molecular weight is 302 g/mol. The summed E-state index contributed by atoms with van der Waals surface area (Å²) in [4.78, 5) is 0.231. The van der Waals surface area contributed by atoms with Crippen LogP contribution in [0.4, 0.5) is 0 Å². The molecule has 6 nitrogen and oxygen atoms in total. The first-order chi connectivity index (χ1) is 9.41. The average Bonchev–Trinajstić information content (AvgIpc) is 2.73. The molecule has 1 aromatic rings. The summed E-state index contributed by atoms with van der Waals surface area (Å²) in [6, 6.07) is 0. The highest BCUT2D eigenvalue weighted by molar-refractivity contribution is 7.89. The minimum Gasteiger partial charge on any atom is -0.465 e. The van der Waals surface area contributed by atoms with Crippen LogP contribution in [-0.2, 0) is 21.3 Å². The summed E-state index contributed by atoms with van der Waals surface area (Å²) in [7, 11) is -3.58. The second-order valence-electron chi connectivity index (χ2n) is 4.99. The molecule has 1 atom stereocenters. The highest BCUT2D eigenvalue weighted by Crippen LogP contribution is 2.30. The van der Waals surface area contributed by atoms with Gasteiger partial charge in [-0.1, -0.05) is 6.92 Å². The molecule has 0 bridgehead atoms. The zero-order chi connectivity index (χ0) is 14.9. The molecule has 20 heavy (non-hydrogen) atoms. The van der Waals surface area contributed by atoms with Gasteiger partial charge in [0.2, 0.25) is 10.0 Å². The number of furan rings is 1. The van der Waals surface area contributed by atoms with Crippen molar-refractivity contribution >= 4 is 10.0 Å². The van der Waals surface area contributed by atoms with Gasteiger partial charge >= 0.3 is 0 Å². The van der Waals surface area contributed by atoms with Gasteiger partial charge in [-0.05, 0) is 20.3 Å². The van der Waals surface area contributed by atoms with Crippen molar-refractivity contribution in [3.63, 3.8) is 0 Å². The van der Waals surface area contributed by atoms with Gasteiger partial charge < -0.3 is 14.9 Å². The minimum atomic E-state index is -3.58. The molecule has 0 saturated carbocycles. The van der Waals surface area contributed by atoms with Gasteiger partial charge in [-0.3, -0.25) is 0 Å². The number of ether oxygens (including phenoxy) is 1. The Kier molecular flexibility index (Phi) is 4.53. The number of rotatable bonds is 4. The number of nitrogens with two attached hydrogens (primary N) is 1. The van der Waals surface area contributed by atoms with E-state index in [0.29, 0.717) is 36.8 Å². The van der Waals surface area contributed by atoms with Crippen LogP contribution in [0, 0.1) is 13.8 Å². The molecule has 0 spiro atoms. The van der Waals surface area contributed by atoms with Gasteiger partial charge in [-0.15, -0.1) is 0 Å². The molecular formula is C13H22N2O4S. The molecule has 2 N–H and O–H groups in total. The van der Waals surface area contributed by atoms with Crippen molar-refractivity contribution in [3.8, 4) is 0 Å². The maximum atomic E-state index is 12.8. The van der Waals surface area contributed by atoms with E-state index in [4.69, 9.17) is 14.9 Å². The van der Waals surface area contributed by atoms with E-state index in [1.54, 1.807) is 13.8 Å². The van der Waals surface area contributed by atoms with Gasteiger partial charge in [-0.2, -0.15) is 4.31 Å². The largest absolute Gasteiger partial charge is 0.465 e. The lowest BCUT2D eigenvalue weighted by Crippen LogP contribution is -2.45. The minimum absolute atomic E-state index is 0.0480. The molecule has 0 aliphatic carbocycles. The Morgan fingerprint density at radius 3 is 2.65 bits per heavy atom. The van der Waals surface area contributed by atoms with Gasteiger partial charge in [0, 0.05) is 25.2 Å². The van der Waals surface area contributed by atoms with E-state index in [-0.39, 0.29) is 17.5 Å². The molecule has 1 saturated heterocycles. The predicted octanol–water partition coefficient (Wildman–Crippen LogP) is 1.15. The summed E-state index contributed by atoms with van der Waals surface area (Å²) in [5.41, 5.74) is 6.25. The Morgan fingerprint density at radius 1 is 1.35 bits per heavy atom. The first-order valence-corrected chi connectivity index (χ1v) is 8.26. The summed E-state index contributed by atoms with van der Waals surface area (Å²) < 4.78 is 38.1. The smallest absolute Gasteiger partial charge is 0.247 e. The van der Waals surface area contributed by atoms with E-state index < -0.39 is 10.0 Å². The lowest BCUT2D eigenvalue weighted by Gasteiger charge is -2.31. The lowest BCUT2D eigenvalue weighted by atomic mass is 10.2. The molecule has 1 unspecified atom stereocenters. The van der Waals surface area contributed by atoms with E-state index >= 15 is 0 Å². The van der Waals surface area contributed by atoms with Crippen molar-refractivity contribution in [2.45, 2.75) is 44.7 Å². The van der Waals surface area contributed by atoms with Crippen LogP contribution in [-0.4, -0.2) is 38.5 Å². The Hall–Kier alpha value is -0.890. The van der Waals surface area contributed by atoms with Gasteiger partial charge in [0.1, 0.15) is 16.4 Å². The first-order valence-electron chi connectivity index (χ1n) is 6.82. The molecule has 2 rings (SSSR count). The molecular weight excluding hydrogens is 280 g/mol. The van der Waals surface area contributed by atoms with Crippen LogP contribution in [0.1, 0.15) is 30.4 Å². The van der Waals surface area contributed by atoms with Crippen molar-refractivity contribution in [1.29, 1.82) is 0 Å². The summed E-state index contributed by atoms with van der Waals surface area (Å²) in [5.74, 6) is 0.978. The molecule has 1 aliphatic heterocycles. The van der Waals surface area contributed by atoms with Crippen molar-refractivity contribution < 1.29 is 17.6 Å². The molecule has 1 aliphatic rings. The van der Waals surface area contributed by atoms with Crippen molar-refractivity contribution in [2.75, 3.05) is 19.7 Å². The maximum Gasteiger partial charge on any atom is 0.247 e. The second-order valence-corrected chi connectivity index (χ2v) is 6.87. The fourth-order valence-electron chi connectivity index (χ4n) is 2.57. The molecule has 0 amide bonds. The second kappa shape index (κ2) is 5.85. The van der Waals surface area contributed by atoms with Crippen LogP contribution >= 0.6 is 0 Å². The molecule has 0 radical (unpaired) electrons. The maximum absolute atomic E-state index is 12.8. The Morgan fingerprint density at radius 2 is 2.05 bits per heavy atom. The normalized spacial score (nSPS) is 21.3. The summed E-state index contributed by atoms with van der Waals surface area (Å²) in [5, 5.41) is 0. The van der Waals surface area contributed by atoms with Gasteiger partial charge in [-0.25, -0.2) is 8.42 Å². The van der Waals surface area contributed by atoms with Crippen LogP contribution in [0.2, 0.25) is 0 Å². The van der Waals surface area contributed by atoms with E-state index in [1.807, 2.05) is 6.92 Å². The van der Waals surface area contributed by atoms with Gasteiger partial charge in [0.15, 0.2) is 0 Å². The number of sulfonamides is 1. The number of aryl methyl sites for hydroxylation is 2. The Balaban J connectivity index is 2.40. The quantitative estimate of drug-likeness (QED) is 0.902. The zero-order valence-corrected chi connectivity index (χ0v) is 13.0. The van der Waals surface area contributed by atoms with Crippen molar-refractivity contribution in [2.24, 2.45) is 5.73 Å².